The Bertz CT molecular complexity index is 385. The predicted molar refractivity (Wildman–Crippen MR) is 50.9 cm³/mol. The van der Waals surface area contributed by atoms with E-state index in [1.54, 1.807) is 12.1 Å². The normalized spacial score (nSPS) is 18.0. The minimum atomic E-state index is -0.809. The summed E-state index contributed by atoms with van der Waals surface area (Å²) in [5.41, 5.74) is -0.197. The van der Waals surface area contributed by atoms with E-state index in [9.17, 15) is 9.18 Å². The van der Waals surface area contributed by atoms with Crippen LogP contribution in [0, 0.1) is 5.82 Å². The van der Waals surface area contributed by atoms with Crippen LogP contribution in [0.15, 0.2) is 24.3 Å². The van der Waals surface area contributed by atoms with Crippen molar-refractivity contribution >= 4 is 5.97 Å². The van der Waals surface area contributed by atoms with E-state index in [-0.39, 0.29) is 25.0 Å². The van der Waals surface area contributed by atoms with Gasteiger partial charge in [-0.3, -0.25) is 4.79 Å². The summed E-state index contributed by atoms with van der Waals surface area (Å²) in [5, 5.41) is 0. The van der Waals surface area contributed by atoms with Gasteiger partial charge in [0.25, 0.3) is 0 Å². The number of esters is 1. The summed E-state index contributed by atoms with van der Waals surface area (Å²) in [6.45, 7) is 0.506. The molecular weight excluding hydrogens is 199 g/mol. The molecule has 1 heterocycles. The molecule has 0 bridgehead atoms. The molecule has 1 saturated heterocycles. The lowest BCUT2D eigenvalue weighted by Crippen LogP contribution is -2.53. The second kappa shape index (κ2) is 3.62. The lowest BCUT2D eigenvalue weighted by atomic mass is 9.78. The molecule has 3 nitrogen and oxygen atoms in total. The number of benzene rings is 1. The third-order valence-corrected chi connectivity index (χ3v) is 2.65. The first-order chi connectivity index (χ1) is 7.19. The molecule has 0 saturated carbocycles. The average Bonchev–Trinajstić information content (AvgIpc) is 2.16. The fourth-order valence-corrected chi connectivity index (χ4v) is 1.69. The molecule has 15 heavy (non-hydrogen) atoms. The first-order valence-corrected chi connectivity index (χ1v) is 4.61. The van der Waals surface area contributed by atoms with Crippen LogP contribution in [0.2, 0.25) is 0 Å². The highest BCUT2D eigenvalue weighted by atomic mass is 19.1. The van der Waals surface area contributed by atoms with Crippen molar-refractivity contribution in [1.82, 2.24) is 0 Å². The number of rotatable bonds is 2. The maximum absolute atomic E-state index is 13.0. The zero-order valence-corrected chi connectivity index (χ0v) is 8.33. The van der Waals surface area contributed by atoms with E-state index >= 15 is 0 Å². The zero-order chi connectivity index (χ0) is 10.9. The second-order valence-corrected chi connectivity index (χ2v) is 3.58. The lowest BCUT2D eigenvalue weighted by Gasteiger charge is -2.38. The molecule has 1 fully saturated rings. The summed E-state index contributed by atoms with van der Waals surface area (Å²) in [4.78, 5) is 11.6. The van der Waals surface area contributed by atoms with Gasteiger partial charge < -0.3 is 9.47 Å². The molecule has 0 aliphatic carbocycles. The van der Waals surface area contributed by atoms with E-state index in [0.29, 0.717) is 5.56 Å². The van der Waals surface area contributed by atoms with Crippen molar-refractivity contribution in [2.45, 2.75) is 5.41 Å². The molecule has 4 heteroatoms. The van der Waals surface area contributed by atoms with E-state index in [1.807, 2.05) is 0 Å². The third-order valence-electron chi connectivity index (χ3n) is 2.65. The van der Waals surface area contributed by atoms with Crippen LogP contribution < -0.4 is 0 Å². The molecule has 0 amide bonds. The highest BCUT2D eigenvalue weighted by Crippen LogP contribution is 2.33. The van der Waals surface area contributed by atoms with Crippen LogP contribution in [0.4, 0.5) is 4.39 Å². The molecule has 1 aromatic rings. The molecule has 1 aliphatic rings. The van der Waals surface area contributed by atoms with Crippen LogP contribution in [-0.2, 0) is 19.7 Å². The summed E-state index contributed by atoms with van der Waals surface area (Å²) in [6, 6.07) is 5.98. The minimum absolute atomic E-state index is 0.253. The zero-order valence-electron chi connectivity index (χ0n) is 8.33. The molecule has 0 atom stereocenters. The Morgan fingerprint density at radius 1 is 1.53 bits per heavy atom. The Labute approximate surface area is 86.8 Å². The number of methoxy groups -OCH3 is 1. The first kappa shape index (κ1) is 10.1. The van der Waals surface area contributed by atoms with Gasteiger partial charge in [-0.25, -0.2) is 4.39 Å². The lowest BCUT2D eigenvalue weighted by molar-refractivity contribution is -0.166. The van der Waals surface area contributed by atoms with Gasteiger partial charge in [0, 0.05) is 0 Å². The van der Waals surface area contributed by atoms with Crippen LogP contribution >= 0.6 is 0 Å². The van der Waals surface area contributed by atoms with Gasteiger partial charge in [0.1, 0.15) is 11.2 Å². The van der Waals surface area contributed by atoms with Crippen LogP contribution in [0.5, 0.6) is 0 Å². The van der Waals surface area contributed by atoms with Crippen molar-refractivity contribution in [3.8, 4) is 0 Å². The molecule has 2 rings (SSSR count). The maximum Gasteiger partial charge on any atom is 0.321 e. The Kier molecular flexibility index (Phi) is 2.44. The Morgan fingerprint density at radius 2 is 2.27 bits per heavy atom. The Morgan fingerprint density at radius 3 is 2.73 bits per heavy atom. The van der Waals surface area contributed by atoms with Gasteiger partial charge in [-0.15, -0.1) is 0 Å². The Hall–Kier alpha value is -1.42. The smallest absolute Gasteiger partial charge is 0.321 e. The standard InChI is InChI=1S/C11H11FO3/c1-14-10(13)11(6-15-7-11)8-3-2-4-9(12)5-8/h2-5H,6-7H2,1H3. The van der Waals surface area contributed by atoms with E-state index in [0.717, 1.165) is 0 Å². The van der Waals surface area contributed by atoms with Gasteiger partial charge in [0.15, 0.2) is 0 Å². The van der Waals surface area contributed by atoms with Gasteiger partial charge in [-0.2, -0.15) is 0 Å². The van der Waals surface area contributed by atoms with Gasteiger partial charge in [0.2, 0.25) is 0 Å². The maximum atomic E-state index is 13.0. The Balaban J connectivity index is 2.38. The summed E-state index contributed by atoms with van der Waals surface area (Å²) < 4.78 is 22.8. The van der Waals surface area contributed by atoms with Gasteiger partial charge in [0.05, 0.1) is 20.3 Å². The molecule has 0 spiro atoms. The van der Waals surface area contributed by atoms with E-state index in [4.69, 9.17) is 9.47 Å². The number of hydrogen-bond donors (Lipinski definition) is 0. The van der Waals surface area contributed by atoms with Crippen molar-refractivity contribution in [2.75, 3.05) is 20.3 Å². The van der Waals surface area contributed by atoms with Gasteiger partial charge >= 0.3 is 5.97 Å². The highest BCUT2D eigenvalue weighted by Gasteiger charge is 2.48. The molecule has 0 N–H and O–H groups in total. The van der Waals surface area contributed by atoms with E-state index < -0.39 is 5.41 Å². The molecule has 0 radical (unpaired) electrons. The predicted octanol–water partition coefficient (Wildman–Crippen LogP) is 1.27. The summed E-state index contributed by atoms with van der Waals surface area (Å²) in [7, 11) is 1.32. The third kappa shape index (κ3) is 1.51. The number of hydrogen-bond acceptors (Lipinski definition) is 3. The van der Waals surface area contributed by atoms with Crippen LogP contribution in [0.3, 0.4) is 0 Å². The molecule has 0 aromatic heterocycles. The van der Waals surface area contributed by atoms with Crippen molar-refractivity contribution in [1.29, 1.82) is 0 Å². The van der Waals surface area contributed by atoms with Crippen LogP contribution in [-0.4, -0.2) is 26.3 Å². The van der Waals surface area contributed by atoms with E-state index in [1.165, 1.54) is 19.2 Å². The first-order valence-electron chi connectivity index (χ1n) is 4.61. The molecule has 0 unspecified atom stereocenters. The largest absolute Gasteiger partial charge is 0.468 e. The van der Waals surface area contributed by atoms with Crippen LogP contribution in [0.1, 0.15) is 5.56 Å². The molecule has 80 valence electrons. The number of halogens is 1. The minimum Gasteiger partial charge on any atom is -0.468 e. The summed E-state index contributed by atoms with van der Waals surface area (Å²) >= 11 is 0. The van der Waals surface area contributed by atoms with Crippen molar-refractivity contribution in [3.05, 3.63) is 35.6 Å². The summed E-state index contributed by atoms with van der Waals surface area (Å²) in [5.74, 6) is -0.734. The SMILES string of the molecule is COC(=O)C1(c2cccc(F)c2)COC1. The molecule has 1 aliphatic heterocycles. The van der Waals surface area contributed by atoms with Crippen molar-refractivity contribution in [3.63, 3.8) is 0 Å². The van der Waals surface area contributed by atoms with E-state index in [2.05, 4.69) is 0 Å². The fourth-order valence-electron chi connectivity index (χ4n) is 1.69. The quantitative estimate of drug-likeness (QED) is 0.689. The van der Waals surface area contributed by atoms with Crippen molar-refractivity contribution in [2.24, 2.45) is 0 Å². The fraction of sp³-hybridized carbons (Fsp3) is 0.364. The molecular formula is C11H11FO3. The average molecular weight is 210 g/mol. The van der Waals surface area contributed by atoms with Gasteiger partial charge in [-0.1, -0.05) is 12.1 Å². The summed E-state index contributed by atoms with van der Waals surface area (Å²) in [6.07, 6.45) is 0. The number of ether oxygens (including phenoxy) is 2. The number of carbonyl (C=O) groups excluding carboxylic acids is 1. The highest BCUT2D eigenvalue weighted by molar-refractivity contribution is 5.84. The molecule has 1 aromatic carbocycles. The van der Waals surface area contributed by atoms with Crippen molar-refractivity contribution < 1.29 is 18.7 Å². The topological polar surface area (TPSA) is 35.5 Å². The second-order valence-electron chi connectivity index (χ2n) is 3.58. The number of carbonyl (C=O) groups is 1. The monoisotopic (exact) mass is 210 g/mol. The van der Waals surface area contributed by atoms with Gasteiger partial charge in [-0.05, 0) is 17.7 Å². The van der Waals surface area contributed by atoms with Crippen LogP contribution in [0.25, 0.3) is 0 Å².